The number of hydrogen-bond acceptors (Lipinski definition) is 1. The highest BCUT2D eigenvalue weighted by molar-refractivity contribution is 5.34. The van der Waals surface area contributed by atoms with Crippen LogP contribution in [0.5, 0.6) is 0 Å². The van der Waals surface area contributed by atoms with Crippen molar-refractivity contribution < 1.29 is 0 Å². The van der Waals surface area contributed by atoms with Gasteiger partial charge >= 0.3 is 0 Å². The van der Waals surface area contributed by atoms with Crippen molar-refractivity contribution >= 4 is 0 Å². The number of hydrogen-bond donors (Lipinski definition) is 1. The fourth-order valence-electron chi connectivity index (χ4n) is 2.60. The highest BCUT2D eigenvalue weighted by Crippen LogP contribution is 2.34. The fraction of sp³-hybridized carbons (Fsp3) is 0.571. The summed E-state index contributed by atoms with van der Waals surface area (Å²) in [6.07, 6.45) is 3.78. The van der Waals surface area contributed by atoms with E-state index in [1.54, 1.807) is 0 Å². The molecule has 1 unspecified atom stereocenters. The highest BCUT2D eigenvalue weighted by Gasteiger charge is 2.33. The van der Waals surface area contributed by atoms with Crippen molar-refractivity contribution in [1.82, 2.24) is 5.32 Å². The van der Waals surface area contributed by atoms with Crippen molar-refractivity contribution in [2.75, 3.05) is 6.54 Å². The maximum atomic E-state index is 3.68. The maximum Gasteiger partial charge on any atom is 0.0432 e. The Hall–Kier alpha value is -0.820. The Morgan fingerprint density at radius 1 is 1.27 bits per heavy atom. The number of nitrogens with one attached hydrogen (secondary N) is 1. The van der Waals surface area contributed by atoms with Crippen molar-refractivity contribution in [2.24, 2.45) is 0 Å². The monoisotopic (exact) mass is 203 g/mol. The second-order valence-electron chi connectivity index (χ2n) is 4.77. The molecule has 1 nitrogen and oxygen atoms in total. The van der Waals surface area contributed by atoms with Crippen molar-refractivity contribution in [3.63, 3.8) is 0 Å². The van der Waals surface area contributed by atoms with Crippen LogP contribution in [0.25, 0.3) is 0 Å². The zero-order valence-corrected chi connectivity index (χ0v) is 10.1. The summed E-state index contributed by atoms with van der Waals surface area (Å²) < 4.78 is 0. The minimum atomic E-state index is 0.262. The van der Waals surface area contributed by atoms with Gasteiger partial charge in [0.1, 0.15) is 0 Å². The maximum absolute atomic E-state index is 3.68. The third-order valence-corrected chi connectivity index (χ3v) is 3.91. The molecule has 1 aromatic carbocycles. The van der Waals surface area contributed by atoms with Crippen molar-refractivity contribution in [1.29, 1.82) is 0 Å². The topological polar surface area (TPSA) is 12.0 Å². The van der Waals surface area contributed by atoms with Crippen LogP contribution in [-0.4, -0.2) is 6.54 Å². The molecule has 1 heteroatoms. The average molecular weight is 203 g/mol. The normalized spacial score (nSPS) is 25.8. The molecule has 0 radical (unpaired) electrons. The zero-order chi connectivity index (χ0) is 10.9. The average Bonchev–Trinajstić information content (AvgIpc) is 2.72. The first-order valence-electron chi connectivity index (χ1n) is 6.01. The van der Waals surface area contributed by atoms with Crippen LogP contribution in [0, 0.1) is 13.8 Å². The lowest BCUT2D eigenvalue weighted by Gasteiger charge is -2.29. The van der Waals surface area contributed by atoms with Crippen LogP contribution in [0.2, 0.25) is 0 Å². The molecule has 0 spiro atoms. The summed E-state index contributed by atoms with van der Waals surface area (Å²) in [5.74, 6) is 0. The molecule has 0 amide bonds. The van der Waals surface area contributed by atoms with Gasteiger partial charge in [0, 0.05) is 5.54 Å². The van der Waals surface area contributed by atoms with Gasteiger partial charge in [-0.25, -0.2) is 0 Å². The van der Waals surface area contributed by atoms with E-state index < -0.39 is 0 Å². The molecule has 1 aliphatic heterocycles. The largest absolute Gasteiger partial charge is 0.307 e. The van der Waals surface area contributed by atoms with E-state index in [4.69, 9.17) is 0 Å². The first-order chi connectivity index (χ1) is 7.18. The van der Waals surface area contributed by atoms with Gasteiger partial charge in [-0.2, -0.15) is 0 Å². The van der Waals surface area contributed by atoms with Gasteiger partial charge in [0.15, 0.2) is 0 Å². The van der Waals surface area contributed by atoms with Gasteiger partial charge < -0.3 is 5.32 Å². The molecule has 1 fully saturated rings. The lowest BCUT2D eigenvalue weighted by atomic mass is 9.84. The Balaban J connectivity index is 2.38. The third-order valence-electron chi connectivity index (χ3n) is 3.91. The van der Waals surface area contributed by atoms with Gasteiger partial charge in [0.2, 0.25) is 0 Å². The van der Waals surface area contributed by atoms with Crippen molar-refractivity contribution in [2.45, 2.75) is 45.6 Å². The van der Waals surface area contributed by atoms with Gasteiger partial charge in [-0.1, -0.05) is 25.1 Å². The summed E-state index contributed by atoms with van der Waals surface area (Å²) >= 11 is 0. The van der Waals surface area contributed by atoms with E-state index in [1.807, 2.05) is 0 Å². The van der Waals surface area contributed by atoms with E-state index in [9.17, 15) is 0 Å². The Bertz CT molecular complexity index is 348. The van der Waals surface area contributed by atoms with Crippen LogP contribution in [0.3, 0.4) is 0 Å². The van der Waals surface area contributed by atoms with Gasteiger partial charge in [0.25, 0.3) is 0 Å². The number of benzene rings is 1. The minimum Gasteiger partial charge on any atom is -0.307 e. The van der Waals surface area contributed by atoms with Crippen LogP contribution >= 0.6 is 0 Å². The van der Waals surface area contributed by atoms with Crippen LogP contribution in [-0.2, 0) is 5.54 Å². The van der Waals surface area contributed by atoms with E-state index >= 15 is 0 Å². The molecule has 1 heterocycles. The molecule has 0 aromatic heterocycles. The molecule has 0 aliphatic carbocycles. The Morgan fingerprint density at radius 3 is 2.60 bits per heavy atom. The lowest BCUT2D eigenvalue weighted by molar-refractivity contribution is 0.376. The van der Waals surface area contributed by atoms with Crippen molar-refractivity contribution in [3.8, 4) is 0 Å². The first kappa shape index (κ1) is 10.7. The molecule has 1 aromatic rings. The molecule has 15 heavy (non-hydrogen) atoms. The summed E-state index contributed by atoms with van der Waals surface area (Å²) in [5.41, 5.74) is 4.54. The smallest absolute Gasteiger partial charge is 0.0432 e. The third kappa shape index (κ3) is 1.81. The van der Waals surface area contributed by atoms with Crippen LogP contribution < -0.4 is 5.32 Å². The highest BCUT2D eigenvalue weighted by atomic mass is 15.0. The summed E-state index contributed by atoms with van der Waals surface area (Å²) in [6.45, 7) is 7.84. The number of aryl methyl sites for hydroxylation is 2. The van der Waals surface area contributed by atoms with Crippen molar-refractivity contribution in [3.05, 3.63) is 34.9 Å². The van der Waals surface area contributed by atoms with Gasteiger partial charge in [-0.15, -0.1) is 0 Å². The van der Waals surface area contributed by atoms with E-state index in [0.717, 1.165) is 0 Å². The summed E-state index contributed by atoms with van der Waals surface area (Å²) in [5, 5.41) is 3.68. The van der Waals surface area contributed by atoms with Gasteiger partial charge in [0.05, 0.1) is 0 Å². The van der Waals surface area contributed by atoms with E-state index in [0.29, 0.717) is 0 Å². The second kappa shape index (κ2) is 3.97. The predicted octanol–water partition coefficient (Wildman–Crippen LogP) is 3.29. The molecule has 2 rings (SSSR count). The molecule has 1 aliphatic rings. The Labute approximate surface area is 92.9 Å². The second-order valence-corrected chi connectivity index (χ2v) is 4.77. The predicted molar refractivity (Wildman–Crippen MR) is 65.1 cm³/mol. The molecule has 0 saturated carbocycles. The number of rotatable bonds is 2. The van der Waals surface area contributed by atoms with E-state index in [2.05, 4.69) is 44.3 Å². The van der Waals surface area contributed by atoms with Crippen LogP contribution in [0.1, 0.15) is 42.9 Å². The molecule has 82 valence electrons. The van der Waals surface area contributed by atoms with E-state index in [-0.39, 0.29) is 5.54 Å². The summed E-state index contributed by atoms with van der Waals surface area (Å²) in [4.78, 5) is 0. The van der Waals surface area contributed by atoms with Gasteiger partial charge in [-0.3, -0.25) is 0 Å². The molecule has 1 atom stereocenters. The molecule has 0 bridgehead atoms. The lowest BCUT2D eigenvalue weighted by Crippen LogP contribution is -2.36. The standard InChI is InChI=1S/C14H21N/c1-4-14(8-5-9-15-14)13-7-6-11(2)12(3)10-13/h6-7,10,15H,4-5,8-9H2,1-3H3. The molecular weight excluding hydrogens is 182 g/mol. The van der Waals surface area contributed by atoms with Crippen LogP contribution in [0.15, 0.2) is 18.2 Å². The quantitative estimate of drug-likeness (QED) is 0.777. The zero-order valence-electron chi connectivity index (χ0n) is 10.1. The first-order valence-corrected chi connectivity index (χ1v) is 6.01. The van der Waals surface area contributed by atoms with Crippen LogP contribution in [0.4, 0.5) is 0 Å². The Kier molecular flexibility index (Phi) is 2.83. The molecule has 1 N–H and O–H groups in total. The van der Waals surface area contributed by atoms with E-state index in [1.165, 1.54) is 42.5 Å². The minimum absolute atomic E-state index is 0.262. The molecule has 1 saturated heterocycles. The summed E-state index contributed by atoms with van der Waals surface area (Å²) in [6, 6.07) is 6.91. The SMILES string of the molecule is CCC1(c2ccc(C)c(C)c2)CCCN1. The van der Waals surface area contributed by atoms with Gasteiger partial charge in [-0.05, 0) is 56.3 Å². The molecular formula is C14H21N. The Morgan fingerprint density at radius 2 is 2.07 bits per heavy atom. The summed E-state index contributed by atoms with van der Waals surface area (Å²) in [7, 11) is 0. The fourth-order valence-corrected chi connectivity index (χ4v) is 2.60.